The van der Waals surface area contributed by atoms with Crippen LogP contribution in [0.5, 0.6) is 0 Å². The summed E-state index contributed by atoms with van der Waals surface area (Å²) >= 11 is 0. The van der Waals surface area contributed by atoms with Crippen molar-refractivity contribution >= 4 is 34.1 Å². The molecule has 0 aliphatic carbocycles. The molecule has 0 unspecified atom stereocenters. The van der Waals surface area contributed by atoms with Crippen molar-refractivity contribution in [2.75, 3.05) is 0 Å². The van der Waals surface area contributed by atoms with Gasteiger partial charge in [0.15, 0.2) is 0 Å². The summed E-state index contributed by atoms with van der Waals surface area (Å²) in [5.74, 6) is -0.210. The monoisotopic (exact) mass is 446 g/mol. The molecule has 0 aliphatic heterocycles. The van der Waals surface area contributed by atoms with Crippen LogP contribution in [0.4, 0.5) is 0 Å². The maximum Gasteiger partial charge on any atom is 0.305 e. The molecule has 0 amide bonds. The van der Waals surface area contributed by atoms with Crippen LogP contribution in [0.1, 0.15) is 29.3 Å². The molecule has 166 valence electrons. The molecule has 0 saturated heterocycles. The second kappa shape index (κ2) is 9.24. The van der Waals surface area contributed by atoms with E-state index >= 15 is 0 Å². The SMILES string of the molecule is CCC(=O)OCc1ccc(-c2ccc3ccc4ccc(-c5ccc(C=O)cc5)nc4c3n2)cc1. The lowest BCUT2D eigenvalue weighted by atomic mass is 10.0. The maximum atomic E-state index is 11.4. The van der Waals surface area contributed by atoms with Gasteiger partial charge in [-0.3, -0.25) is 9.59 Å². The highest BCUT2D eigenvalue weighted by Crippen LogP contribution is 2.29. The predicted octanol–water partition coefficient (Wildman–Crippen LogP) is 6.38. The Hall–Kier alpha value is -4.38. The summed E-state index contributed by atoms with van der Waals surface area (Å²) in [4.78, 5) is 32.3. The van der Waals surface area contributed by atoms with E-state index in [1.165, 1.54) is 0 Å². The van der Waals surface area contributed by atoms with Crippen LogP contribution in [0.3, 0.4) is 0 Å². The number of hydrogen-bond acceptors (Lipinski definition) is 5. The van der Waals surface area contributed by atoms with Gasteiger partial charge in [-0.05, 0) is 17.7 Å². The van der Waals surface area contributed by atoms with Crippen LogP contribution < -0.4 is 0 Å². The molecule has 0 fully saturated rings. The second-order valence-electron chi connectivity index (χ2n) is 8.05. The first-order valence-electron chi connectivity index (χ1n) is 11.2. The van der Waals surface area contributed by atoms with Crippen LogP contribution in [0, 0.1) is 0 Å². The number of rotatable bonds is 6. The molecule has 0 radical (unpaired) electrons. The average molecular weight is 447 g/mol. The van der Waals surface area contributed by atoms with Gasteiger partial charge in [-0.25, -0.2) is 9.97 Å². The lowest BCUT2D eigenvalue weighted by Gasteiger charge is -2.09. The van der Waals surface area contributed by atoms with Gasteiger partial charge in [0.1, 0.15) is 12.9 Å². The van der Waals surface area contributed by atoms with Crippen LogP contribution in [0.15, 0.2) is 84.9 Å². The number of aromatic nitrogens is 2. The van der Waals surface area contributed by atoms with Gasteiger partial charge in [-0.2, -0.15) is 0 Å². The summed E-state index contributed by atoms with van der Waals surface area (Å²) < 4.78 is 5.21. The predicted molar refractivity (Wildman–Crippen MR) is 133 cm³/mol. The fourth-order valence-corrected chi connectivity index (χ4v) is 3.86. The van der Waals surface area contributed by atoms with Gasteiger partial charge in [0.2, 0.25) is 0 Å². The Morgan fingerprint density at radius 3 is 1.74 bits per heavy atom. The molecule has 0 atom stereocenters. The van der Waals surface area contributed by atoms with E-state index in [4.69, 9.17) is 14.7 Å². The van der Waals surface area contributed by atoms with E-state index in [2.05, 4.69) is 18.2 Å². The number of benzene rings is 3. The van der Waals surface area contributed by atoms with Gasteiger partial charge in [0, 0.05) is 33.9 Å². The molecule has 5 aromatic rings. The summed E-state index contributed by atoms with van der Waals surface area (Å²) in [5, 5.41) is 2.03. The number of esters is 1. The quantitative estimate of drug-likeness (QED) is 0.172. The highest BCUT2D eigenvalue weighted by molar-refractivity contribution is 6.04. The number of carbonyl (C=O) groups excluding carboxylic acids is 2. The van der Waals surface area contributed by atoms with Crippen molar-refractivity contribution in [1.29, 1.82) is 0 Å². The van der Waals surface area contributed by atoms with Crippen LogP contribution in [-0.4, -0.2) is 22.2 Å². The van der Waals surface area contributed by atoms with Crippen molar-refractivity contribution in [3.8, 4) is 22.5 Å². The van der Waals surface area contributed by atoms with Gasteiger partial charge in [-0.1, -0.05) is 79.7 Å². The van der Waals surface area contributed by atoms with Gasteiger partial charge in [0.25, 0.3) is 0 Å². The van der Waals surface area contributed by atoms with E-state index in [0.29, 0.717) is 12.0 Å². The molecule has 0 saturated carbocycles. The maximum absolute atomic E-state index is 11.4. The third-order valence-electron chi connectivity index (χ3n) is 5.80. The second-order valence-corrected chi connectivity index (χ2v) is 8.05. The van der Waals surface area contributed by atoms with Crippen LogP contribution in [-0.2, 0) is 16.1 Å². The Morgan fingerprint density at radius 1 is 0.735 bits per heavy atom. The number of nitrogens with zero attached hydrogens (tertiary/aromatic N) is 2. The van der Waals surface area contributed by atoms with Gasteiger partial charge in [0.05, 0.1) is 22.4 Å². The number of ether oxygens (including phenoxy) is 1. The molecule has 0 bridgehead atoms. The number of carbonyl (C=O) groups is 2. The van der Waals surface area contributed by atoms with Crippen molar-refractivity contribution in [3.63, 3.8) is 0 Å². The first-order chi connectivity index (χ1) is 16.6. The molecule has 0 N–H and O–H groups in total. The highest BCUT2D eigenvalue weighted by atomic mass is 16.5. The van der Waals surface area contributed by atoms with E-state index in [9.17, 15) is 9.59 Å². The molecular weight excluding hydrogens is 424 g/mol. The van der Waals surface area contributed by atoms with Crippen LogP contribution >= 0.6 is 0 Å². The molecule has 5 heteroatoms. The van der Waals surface area contributed by atoms with E-state index in [0.717, 1.165) is 56.2 Å². The Labute approximate surface area is 197 Å². The largest absolute Gasteiger partial charge is 0.461 e. The summed E-state index contributed by atoms with van der Waals surface area (Å²) in [5.41, 5.74) is 6.83. The molecule has 34 heavy (non-hydrogen) atoms. The summed E-state index contributed by atoms with van der Waals surface area (Å²) in [7, 11) is 0. The Bertz CT molecular complexity index is 1510. The number of pyridine rings is 2. The minimum absolute atomic E-state index is 0.210. The fourth-order valence-electron chi connectivity index (χ4n) is 3.86. The van der Waals surface area contributed by atoms with Crippen molar-refractivity contribution in [3.05, 3.63) is 96.1 Å². The van der Waals surface area contributed by atoms with Gasteiger partial charge >= 0.3 is 5.97 Å². The summed E-state index contributed by atoms with van der Waals surface area (Å²) in [6, 6.07) is 27.5. The molecule has 0 spiro atoms. The normalized spacial score (nSPS) is 11.0. The summed E-state index contributed by atoms with van der Waals surface area (Å²) in [6.45, 7) is 2.05. The smallest absolute Gasteiger partial charge is 0.305 e. The van der Waals surface area contributed by atoms with Crippen molar-refractivity contribution in [2.45, 2.75) is 20.0 Å². The lowest BCUT2D eigenvalue weighted by Crippen LogP contribution is -2.02. The lowest BCUT2D eigenvalue weighted by molar-refractivity contribution is -0.144. The number of hydrogen-bond donors (Lipinski definition) is 0. The van der Waals surface area contributed by atoms with Crippen molar-refractivity contribution in [1.82, 2.24) is 9.97 Å². The minimum atomic E-state index is -0.210. The Kier molecular flexibility index (Phi) is 5.83. The van der Waals surface area contributed by atoms with Crippen LogP contribution in [0.25, 0.3) is 44.3 Å². The molecule has 5 nitrogen and oxygen atoms in total. The zero-order chi connectivity index (χ0) is 23.5. The van der Waals surface area contributed by atoms with Crippen molar-refractivity contribution in [2.24, 2.45) is 0 Å². The van der Waals surface area contributed by atoms with Crippen LogP contribution in [0.2, 0.25) is 0 Å². The topological polar surface area (TPSA) is 69.2 Å². The standard InChI is InChI=1S/C29H22N2O3/c1-2-27(33)34-18-20-5-9-22(10-6-20)26-16-14-24-12-11-23-13-15-25(30-28(23)29(24)31-26)21-7-3-19(17-32)4-8-21/h3-17H,2,18H2,1H3. The van der Waals surface area contributed by atoms with E-state index < -0.39 is 0 Å². The zero-order valence-corrected chi connectivity index (χ0v) is 18.7. The number of fused-ring (bicyclic) bond motifs is 3. The molecule has 3 aromatic carbocycles. The number of aldehydes is 1. The van der Waals surface area contributed by atoms with Gasteiger partial charge in [-0.15, -0.1) is 0 Å². The Morgan fingerprint density at radius 2 is 1.24 bits per heavy atom. The molecule has 0 aliphatic rings. The minimum Gasteiger partial charge on any atom is -0.461 e. The molecular formula is C29H22N2O3. The molecule has 5 rings (SSSR count). The average Bonchev–Trinajstić information content (AvgIpc) is 2.91. The van der Waals surface area contributed by atoms with Gasteiger partial charge < -0.3 is 4.74 Å². The zero-order valence-electron chi connectivity index (χ0n) is 18.7. The van der Waals surface area contributed by atoms with E-state index in [1.54, 1.807) is 19.1 Å². The van der Waals surface area contributed by atoms with E-state index in [1.807, 2.05) is 54.6 Å². The van der Waals surface area contributed by atoms with Crippen molar-refractivity contribution < 1.29 is 14.3 Å². The fraction of sp³-hybridized carbons (Fsp3) is 0.103. The van der Waals surface area contributed by atoms with E-state index in [-0.39, 0.29) is 12.6 Å². The first kappa shape index (κ1) is 21.5. The first-order valence-corrected chi connectivity index (χ1v) is 11.2. The molecule has 2 aromatic heterocycles. The third-order valence-corrected chi connectivity index (χ3v) is 5.80. The Balaban J connectivity index is 1.52. The third kappa shape index (κ3) is 4.28. The molecule has 2 heterocycles. The summed E-state index contributed by atoms with van der Waals surface area (Å²) in [6.07, 6.45) is 1.20. The highest BCUT2D eigenvalue weighted by Gasteiger charge is 2.09.